The van der Waals surface area contributed by atoms with Crippen LogP contribution in [-0.2, 0) is 23.1 Å². The molecule has 0 aliphatic heterocycles. The zero-order valence-corrected chi connectivity index (χ0v) is 17.3. The minimum atomic E-state index is -3.39. The SMILES string of the molecule is CCS(=O)(=O)N(Cc1cccnc1)Cc1cccc(Oc2ccccc2OC)c1. The molecule has 0 amide bonds. The number of hydrogen-bond donors (Lipinski definition) is 0. The van der Waals surface area contributed by atoms with E-state index in [1.54, 1.807) is 32.5 Å². The third kappa shape index (κ3) is 5.56. The molecule has 3 aromatic rings. The maximum absolute atomic E-state index is 12.6. The predicted octanol–water partition coefficient (Wildman–Crippen LogP) is 4.23. The van der Waals surface area contributed by atoms with Gasteiger partial charge in [-0.3, -0.25) is 4.98 Å². The van der Waals surface area contributed by atoms with Gasteiger partial charge in [0.15, 0.2) is 11.5 Å². The van der Waals surface area contributed by atoms with Crippen LogP contribution in [0.5, 0.6) is 17.2 Å². The molecule has 0 atom stereocenters. The van der Waals surface area contributed by atoms with Crippen molar-refractivity contribution in [2.24, 2.45) is 0 Å². The summed E-state index contributed by atoms with van der Waals surface area (Å²) in [6.07, 6.45) is 3.35. The van der Waals surface area contributed by atoms with Gasteiger partial charge in [0.25, 0.3) is 0 Å². The molecule has 152 valence electrons. The summed E-state index contributed by atoms with van der Waals surface area (Å²) >= 11 is 0. The third-order valence-electron chi connectivity index (χ3n) is 4.39. The fourth-order valence-electron chi connectivity index (χ4n) is 2.87. The summed E-state index contributed by atoms with van der Waals surface area (Å²) in [7, 11) is -1.81. The summed E-state index contributed by atoms with van der Waals surface area (Å²) in [6, 6.07) is 18.4. The zero-order chi connectivity index (χ0) is 20.7. The first-order valence-electron chi connectivity index (χ1n) is 9.28. The Hall–Kier alpha value is -2.90. The number of sulfonamides is 1. The van der Waals surface area contributed by atoms with Crippen LogP contribution < -0.4 is 9.47 Å². The van der Waals surface area contributed by atoms with Gasteiger partial charge in [-0.15, -0.1) is 0 Å². The Morgan fingerprint density at radius 2 is 1.66 bits per heavy atom. The van der Waals surface area contributed by atoms with Crippen LogP contribution in [0.1, 0.15) is 18.1 Å². The molecular formula is C22H24N2O4S. The Bertz CT molecular complexity index is 1040. The van der Waals surface area contributed by atoms with E-state index >= 15 is 0 Å². The largest absolute Gasteiger partial charge is 0.493 e. The summed E-state index contributed by atoms with van der Waals surface area (Å²) in [5.74, 6) is 1.87. The van der Waals surface area contributed by atoms with Crippen molar-refractivity contribution in [2.45, 2.75) is 20.0 Å². The van der Waals surface area contributed by atoms with E-state index in [1.165, 1.54) is 4.31 Å². The number of benzene rings is 2. The number of ether oxygens (including phenoxy) is 2. The number of methoxy groups -OCH3 is 1. The zero-order valence-electron chi connectivity index (χ0n) is 16.5. The first-order chi connectivity index (χ1) is 14.0. The number of pyridine rings is 1. The van der Waals surface area contributed by atoms with Crippen LogP contribution >= 0.6 is 0 Å². The third-order valence-corrected chi connectivity index (χ3v) is 6.17. The van der Waals surface area contributed by atoms with Crippen LogP contribution in [0.15, 0.2) is 73.1 Å². The molecule has 1 aromatic heterocycles. The quantitative estimate of drug-likeness (QED) is 0.526. The minimum absolute atomic E-state index is 0.0324. The highest BCUT2D eigenvalue weighted by Gasteiger charge is 2.21. The molecule has 29 heavy (non-hydrogen) atoms. The van der Waals surface area contributed by atoms with Gasteiger partial charge in [-0.05, 0) is 48.4 Å². The maximum atomic E-state index is 12.6. The second kappa shape index (κ2) is 9.54. The van der Waals surface area contributed by atoms with Crippen LogP contribution in [0.2, 0.25) is 0 Å². The highest BCUT2D eigenvalue weighted by atomic mass is 32.2. The van der Waals surface area contributed by atoms with Gasteiger partial charge < -0.3 is 9.47 Å². The molecule has 0 fully saturated rings. The van der Waals surface area contributed by atoms with Gasteiger partial charge in [0, 0.05) is 25.5 Å². The van der Waals surface area contributed by atoms with Crippen LogP contribution in [0.3, 0.4) is 0 Å². The molecule has 3 rings (SSSR count). The van der Waals surface area contributed by atoms with Gasteiger partial charge in [0.05, 0.1) is 12.9 Å². The van der Waals surface area contributed by atoms with E-state index in [0.717, 1.165) is 11.1 Å². The lowest BCUT2D eigenvalue weighted by Gasteiger charge is -2.22. The molecule has 6 nitrogen and oxygen atoms in total. The molecule has 0 bridgehead atoms. The normalized spacial score (nSPS) is 11.4. The molecule has 2 aromatic carbocycles. The van der Waals surface area contributed by atoms with Crippen LogP contribution in [0, 0.1) is 0 Å². The lowest BCUT2D eigenvalue weighted by molar-refractivity contribution is 0.377. The van der Waals surface area contributed by atoms with Gasteiger partial charge in [0.2, 0.25) is 10.0 Å². The molecule has 0 aliphatic rings. The highest BCUT2D eigenvalue weighted by molar-refractivity contribution is 7.89. The molecule has 0 aliphatic carbocycles. The van der Waals surface area contributed by atoms with Gasteiger partial charge in [-0.25, -0.2) is 8.42 Å². The van der Waals surface area contributed by atoms with E-state index in [9.17, 15) is 8.42 Å². The standard InChI is InChI=1S/C22H24N2O4S/c1-3-29(25,26)24(17-19-9-7-13-23-15-19)16-18-8-6-10-20(14-18)28-22-12-5-4-11-21(22)27-2/h4-15H,3,16-17H2,1-2H3. The number of hydrogen-bond acceptors (Lipinski definition) is 5. The fraction of sp³-hybridized carbons (Fsp3) is 0.227. The van der Waals surface area contributed by atoms with E-state index in [0.29, 0.717) is 17.2 Å². The summed E-state index contributed by atoms with van der Waals surface area (Å²) in [5.41, 5.74) is 1.67. The molecule has 0 saturated heterocycles. The topological polar surface area (TPSA) is 68.7 Å². The van der Waals surface area contributed by atoms with Gasteiger partial charge in [-0.1, -0.05) is 30.3 Å². The second-order valence-electron chi connectivity index (χ2n) is 6.43. The lowest BCUT2D eigenvalue weighted by atomic mass is 10.2. The molecule has 0 spiro atoms. The molecule has 0 unspecified atom stereocenters. The van der Waals surface area contributed by atoms with Crippen molar-refractivity contribution in [3.05, 3.63) is 84.2 Å². The van der Waals surface area contributed by atoms with Gasteiger partial charge in [0.1, 0.15) is 5.75 Å². The predicted molar refractivity (Wildman–Crippen MR) is 112 cm³/mol. The highest BCUT2D eigenvalue weighted by Crippen LogP contribution is 2.31. The number of rotatable bonds is 9. The van der Waals surface area contributed by atoms with Crippen molar-refractivity contribution in [3.63, 3.8) is 0 Å². The van der Waals surface area contributed by atoms with E-state index < -0.39 is 10.0 Å². The van der Waals surface area contributed by atoms with E-state index in [-0.39, 0.29) is 18.8 Å². The van der Waals surface area contributed by atoms with Crippen LogP contribution in [0.25, 0.3) is 0 Å². The molecular weight excluding hydrogens is 388 g/mol. The molecule has 0 saturated carbocycles. The molecule has 0 N–H and O–H groups in total. The number of para-hydroxylation sites is 2. The van der Waals surface area contributed by atoms with E-state index in [1.807, 2.05) is 54.6 Å². The van der Waals surface area contributed by atoms with Gasteiger partial charge >= 0.3 is 0 Å². The Labute approximate surface area is 171 Å². The van der Waals surface area contributed by atoms with Crippen LogP contribution in [0.4, 0.5) is 0 Å². The average Bonchev–Trinajstić information content (AvgIpc) is 2.75. The van der Waals surface area contributed by atoms with Crippen molar-refractivity contribution < 1.29 is 17.9 Å². The van der Waals surface area contributed by atoms with Crippen molar-refractivity contribution in [1.82, 2.24) is 9.29 Å². The van der Waals surface area contributed by atoms with Crippen molar-refractivity contribution in [2.75, 3.05) is 12.9 Å². The van der Waals surface area contributed by atoms with Crippen molar-refractivity contribution in [1.29, 1.82) is 0 Å². The lowest BCUT2D eigenvalue weighted by Crippen LogP contribution is -2.31. The van der Waals surface area contributed by atoms with E-state index in [2.05, 4.69) is 4.98 Å². The first kappa shape index (κ1) is 20.8. The Kier molecular flexibility index (Phi) is 6.85. The summed E-state index contributed by atoms with van der Waals surface area (Å²) in [6.45, 7) is 2.16. The van der Waals surface area contributed by atoms with Crippen LogP contribution in [-0.4, -0.2) is 30.6 Å². The number of nitrogens with zero attached hydrogens (tertiary/aromatic N) is 2. The smallest absolute Gasteiger partial charge is 0.214 e. The Morgan fingerprint density at radius 3 is 2.34 bits per heavy atom. The second-order valence-corrected chi connectivity index (χ2v) is 8.69. The molecule has 7 heteroatoms. The number of aromatic nitrogens is 1. The summed E-state index contributed by atoms with van der Waals surface area (Å²) in [4.78, 5) is 4.08. The first-order valence-corrected chi connectivity index (χ1v) is 10.9. The Balaban J connectivity index is 1.82. The average molecular weight is 413 g/mol. The van der Waals surface area contributed by atoms with Crippen molar-refractivity contribution in [3.8, 4) is 17.2 Å². The Morgan fingerprint density at radius 1 is 0.931 bits per heavy atom. The van der Waals surface area contributed by atoms with Crippen molar-refractivity contribution >= 4 is 10.0 Å². The monoisotopic (exact) mass is 412 g/mol. The summed E-state index contributed by atoms with van der Waals surface area (Å²) < 4.78 is 38.0. The van der Waals surface area contributed by atoms with E-state index in [4.69, 9.17) is 9.47 Å². The molecule has 1 heterocycles. The summed E-state index contributed by atoms with van der Waals surface area (Å²) in [5, 5.41) is 0. The van der Waals surface area contributed by atoms with Gasteiger partial charge in [-0.2, -0.15) is 4.31 Å². The minimum Gasteiger partial charge on any atom is -0.493 e. The fourth-order valence-corrected chi connectivity index (χ4v) is 3.93. The molecule has 0 radical (unpaired) electrons. The maximum Gasteiger partial charge on any atom is 0.214 e.